The number of furan rings is 1. The summed E-state index contributed by atoms with van der Waals surface area (Å²) < 4.78 is 5.72. The normalized spacial score (nSPS) is 18.9. The first kappa shape index (κ1) is 9.59. The molecule has 0 aromatic carbocycles. The van der Waals surface area contributed by atoms with Crippen LogP contribution in [-0.4, -0.2) is 13.1 Å². The van der Waals surface area contributed by atoms with Crippen molar-refractivity contribution < 1.29 is 4.42 Å². The lowest BCUT2D eigenvalue weighted by Crippen LogP contribution is -2.16. The predicted molar refractivity (Wildman–Crippen MR) is 57.4 cm³/mol. The van der Waals surface area contributed by atoms with Crippen molar-refractivity contribution in [2.75, 3.05) is 18.0 Å². The smallest absolute Gasteiger partial charge is 0.195 e. The van der Waals surface area contributed by atoms with Crippen molar-refractivity contribution in [1.29, 1.82) is 0 Å². The monoisotopic (exact) mass is 194 g/mol. The fourth-order valence-corrected chi connectivity index (χ4v) is 1.85. The number of hydrogen-bond donors (Lipinski definition) is 1. The van der Waals surface area contributed by atoms with Gasteiger partial charge in [0.1, 0.15) is 5.76 Å². The molecule has 1 aliphatic rings. The molecule has 2 heterocycles. The lowest BCUT2D eigenvalue weighted by atomic mass is 10.2. The van der Waals surface area contributed by atoms with Gasteiger partial charge < -0.3 is 15.1 Å². The number of anilines is 1. The van der Waals surface area contributed by atoms with Crippen LogP contribution >= 0.6 is 0 Å². The molecule has 0 spiro atoms. The second-order valence-corrected chi connectivity index (χ2v) is 3.88. The number of nitrogens with two attached hydrogens (primary N) is 1. The van der Waals surface area contributed by atoms with Crippen LogP contribution in [0.25, 0.3) is 0 Å². The molecule has 1 aromatic rings. The maximum atomic E-state index is 5.89. The van der Waals surface area contributed by atoms with Crippen LogP contribution < -0.4 is 10.6 Å². The van der Waals surface area contributed by atoms with Gasteiger partial charge in [0.2, 0.25) is 0 Å². The van der Waals surface area contributed by atoms with Gasteiger partial charge in [0.25, 0.3) is 0 Å². The third-order valence-electron chi connectivity index (χ3n) is 2.84. The minimum absolute atomic E-state index is 0.0475. The van der Waals surface area contributed by atoms with E-state index in [0.29, 0.717) is 0 Å². The molecule has 2 N–H and O–H groups in total. The summed E-state index contributed by atoms with van der Waals surface area (Å²) in [5.74, 6) is 1.90. The second kappa shape index (κ2) is 4.05. The third-order valence-corrected chi connectivity index (χ3v) is 2.84. The Morgan fingerprint density at radius 2 is 2.14 bits per heavy atom. The molecule has 3 heteroatoms. The Kier molecular flexibility index (Phi) is 2.77. The van der Waals surface area contributed by atoms with Crippen LogP contribution in [0.2, 0.25) is 0 Å². The third kappa shape index (κ3) is 1.77. The molecule has 1 aliphatic heterocycles. The summed E-state index contributed by atoms with van der Waals surface area (Å²) in [7, 11) is 0. The van der Waals surface area contributed by atoms with E-state index in [-0.39, 0.29) is 6.04 Å². The molecular formula is C11H18N2O. The molecule has 0 radical (unpaired) electrons. The van der Waals surface area contributed by atoms with E-state index in [1.54, 1.807) is 0 Å². The van der Waals surface area contributed by atoms with Crippen LogP contribution in [0.1, 0.15) is 38.0 Å². The zero-order valence-corrected chi connectivity index (χ0v) is 8.70. The SMILES string of the molecule is CC[C@@H](N)c1ccc(N2CCCC2)o1. The Morgan fingerprint density at radius 1 is 1.43 bits per heavy atom. The van der Waals surface area contributed by atoms with Crippen LogP contribution in [0.4, 0.5) is 5.88 Å². The van der Waals surface area contributed by atoms with Crippen molar-refractivity contribution in [3.05, 3.63) is 17.9 Å². The number of hydrogen-bond acceptors (Lipinski definition) is 3. The van der Waals surface area contributed by atoms with E-state index < -0.39 is 0 Å². The molecule has 0 amide bonds. The van der Waals surface area contributed by atoms with Gasteiger partial charge in [0.05, 0.1) is 6.04 Å². The minimum atomic E-state index is 0.0475. The summed E-state index contributed by atoms with van der Waals surface area (Å²) in [6.07, 6.45) is 3.47. The first-order chi connectivity index (χ1) is 6.81. The Hall–Kier alpha value is -0.960. The standard InChI is InChI=1S/C11H18N2O/c1-2-9(12)10-5-6-11(14-10)13-7-3-4-8-13/h5-6,9H,2-4,7-8,12H2,1H3/t9-/m1/s1. The fraction of sp³-hybridized carbons (Fsp3) is 0.636. The van der Waals surface area contributed by atoms with Crippen LogP contribution in [0, 0.1) is 0 Å². The zero-order valence-electron chi connectivity index (χ0n) is 8.70. The summed E-state index contributed by atoms with van der Waals surface area (Å²) in [6, 6.07) is 4.09. The van der Waals surface area contributed by atoms with Crippen molar-refractivity contribution in [3.8, 4) is 0 Å². The largest absolute Gasteiger partial charge is 0.444 e. The van der Waals surface area contributed by atoms with Crippen LogP contribution in [0.3, 0.4) is 0 Å². The van der Waals surface area contributed by atoms with E-state index in [0.717, 1.165) is 31.2 Å². The molecule has 1 atom stereocenters. The number of rotatable bonds is 3. The molecule has 3 nitrogen and oxygen atoms in total. The molecule has 0 bridgehead atoms. The highest BCUT2D eigenvalue weighted by molar-refractivity contribution is 5.37. The highest BCUT2D eigenvalue weighted by Gasteiger charge is 2.16. The summed E-state index contributed by atoms with van der Waals surface area (Å²) >= 11 is 0. The molecular weight excluding hydrogens is 176 g/mol. The summed E-state index contributed by atoms with van der Waals surface area (Å²) in [5.41, 5.74) is 5.89. The second-order valence-electron chi connectivity index (χ2n) is 3.88. The summed E-state index contributed by atoms with van der Waals surface area (Å²) in [5, 5.41) is 0. The van der Waals surface area contributed by atoms with Gasteiger partial charge in [0.15, 0.2) is 5.88 Å². The van der Waals surface area contributed by atoms with Gasteiger partial charge in [-0.1, -0.05) is 6.92 Å². The maximum absolute atomic E-state index is 5.89. The molecule has 1 aromatic heterocycles. The topological polar surface area (TPSA) is 42.4 Å². The van der Waals surface area contributed by atoms with Gasteiger partial charge in [-0.3, -0.25) is 0 Å². The van der Waals surface area contributed by atoms with Crippen LogP contribution in [-0.2, 0) is 0 Å². The molecule has 1 saturated heterocycles. The molecule has 2 rings (SSSR count). The highest BCUT2D eigenvalue weighted by atomic mass is 16.4. The van der Waals surface area contributed by atoms with Crippen LogP contribution in [0.15, 0.2) is 16.5 Å². The highest BCUT2D eigenvalue weighted by Crippen LogP contribution is 2.25. The Labute approximate surface area is 84.9 Å². The lowest BCUT2D eigenvalue weighted by Gasteiger charge is -2.13. The first-order valence-electron chi connectivity index (χ1n) is 5.41. The van der Waals surface area contributed by atoms with E-state index in [1.165, 1.54) is 12.8 Å². The molecule has 0 unspecified atom stereocenters. The quantitative estimate of drug-likeness (QED) is 0.802. The average molecular weight is 194 g/mol. The minimum Gasteiger partial charge on any atom is -0.444 e. The van der Waals surface area contributed by atoms with Gasteiger partial charge in [0, 0.05) is 19.2 Å². The first-order valence-corrected chi connectivity index (χ1v) is 5.41. The van der Waals surface area contributed by atoms with Crippen LogP contribution in [0.5, 0.6) is 0 Å². The molecule has 1 fully saturated rings. The molecule has 0 saturated carbocycles. The van der Waals surface area contributed by atoms with Crippen molar-refractivity contribution >= 4 is 5.88 Å². The van der Waals surface area contributed by atoms with E-state index in [2.05, 4.69) is 11.8 Å². The summed E-state index contributed by atoms with van der Waals surface area (Å²) in [4.78, 5) is 2.28. The number of nitrogens with zero attached hydrogens (tertiary/aromatic N) is 1. The van der Waals surface area contributed by atoms with Gasteiger partial charge in [-0.05, 0) is 25.3 Å². The maximum Gasteiger partial charge on any atom is 0.195 e. The average Bonchev–Trinajstić information content (AvgIpc) is 2.86. The zero-order chi connectivity index (χ0) is 9.97. The van der Waals surface area contributed by atoms with Crippen molar-refractivity contribution in [3.63, 3.8) is 0 Å². The van der Waals surface area contributed by atoms with Gasteiger partial charge in [-0.15, -0.1) is 0 Å². The van der Waals surface area contributed by atoms with E-state index >= 15 is 0 Å². The Bertz CT molecular complexity index is 289. The lowest BCUT2D eigenvalue weighted by molar-refractivity contribution is 0.459. The fourth-order valence-electron chi connectivity index (χ4n) is 1.85. The Morgan fingerprint density at radius 3 is 2.79 bits per heavy atom. The van der Waals surface area contributed by atoms with Gasteiger partial charge >= 0.3 is 0 Å². The van der Waals surface area contributed by atoms with Crippen molar-refractivity contribution in [2.45, 2.75) is 32.2 Å². The van der Waals surface area contributed by atoms with Gasteiger partial charge in [-0.2, -0.15) is 0 Å². The van der Waals surface area contributed by atoms with E-state index in [1.807, 2.05) is 12.1 Å². The molecule has 0 aliphatic carbocycles. The van der Waals surface area contributed by atoms with Crippen molar-refractivity contribution in [1.82, 2.24) is 0 Å². The Balaban J connectivity index is 2.08. The molecule has 78 valence electrons. The van der Waals surface area contributed by atoms with E-state index in [9.17, 15) is 0 Å². The molecule has 14 heavy (non-hydrogen) atoms. The predicted octanol–water partition coefficient (Wildman–Crippen LogP) is 2.29. The van der Waals surface area contributed by atoms with Gasteiger partial charge in [-0.25, -0.2) is 0 Å². The van der Waals surface area contributed by atoms with E-state index in [4.69, 9.17) is 10.2 Å². The summed E-state index contributed by atoms with van der Waals surface area (Å²) in [6.45, 7) is 4.31. The van der Waals surface area contributed by atoms with Crippen molar-refractivity contribution in [2.24, 2.45) is 5.73 Å².